The molecule has 0 spiro atoms. The first-order valence-electron chi connectivity index (χ1n) is 9.19. The summed E-state index contributed by atoms with van der Waals surface area (Å²) in [6.07, 6.45) is 0. The van der Waals surface area contributed by atoms with Crippen molar-refractivity contribution in [1.29, 1.82) is 0 Å². The summed E-state index contributed by atoms with van der Waals surface area (Å²) in [5.74, 6) is 1.70. The van der Waals surface area contributed by atoms with Gasteiger partial charge in [-0.2, -0.15) is 0 Å². The van der Waals surface area contributed by atoms with Gasteiger partial charge in [0.15, 0.2) is 0 Å². The van der Waals surface area contributed by atoms with Crippen molar-refractivity contribution in [1.82, 2.24) is 14.8 Å². The summed E-state index contributed by atoms with van der Waals surface area (Å²) < 4.78 is 5.93. The molecule has 0 unspecified atom stereocenters. The highest BCUT2D eigenvalue weighted by molar-refractivity contribution is 7.12. The number of hydrogen-bond acceptors (Lipinski definition) is 5. The number of carbonyl (C=O) groups is 1. The smallest absolute Gasteiger partial charge is 0.264 e. The third kappa shape index (κ3) is 3.82. The molecule has 0 bridgehead atoms. The van der Waals surface area contributed by atoms with Gasteiger partial charge in [-0.3, -0.25) is 9.69 Å². The molecule has 0 atom stereocenters. The second-order valence-corrected chi connectivity index (χ2v) is 7.83. The Morgan fingerprint density at radius 3 is 2.59 bits per heavy atom. The van der Waals surface area contributed by atoms with Gasteiger partial charge in [-0.15, -0.1) is 11.3 Å². The van der Waals surface area contributed by atoms with Crippen LogP contribution < -0.4 is 0 Å². The molecule has 1 amide bonds. The highest BCUT2D eigenvalue weighted by Gasteiger charge is 2.24. The van der Waals surface area contributed by atoms with E-state index in [1.54, 1.807) is 0 Å². The van der Waals surface area contributed by atoms with Crippen LogP contribution in [-0.4, -0.2) is 46.9 Å². The molecule has 1 aliphatic heterocycles. The van der Waals surface area contributed by atoms with Gasteiger partial charge < -0.3 is 9.32 Å². The Kier molecular flexibility index (Phi) is 5.09. The Labute approximate surface area is 163 Å². The van der Waals surface area contributed by atoms with E-state index in [1.165, 1.54) is 11.3 Å². The van der Waals surface area contributed by atoms with Gasteiger partial charge in [-0.1, -0.05) is 24.3 Å². The van der Waals surface area contributed by atoms with Gasteiger partial charge in [-0.05, 0) is 36.9 Å². The van der Waals surface area contributed by atoms with Crippen molar-refractivity contribution < 1.29 is 9.21 Å². The minimum atomic E-state index is 0.143. The van der Waals surface area contributed by atoms with Crippen molar-refractivity contribution in [2.45, 2.75) is 20.4 Å². The Morgan fingerprint density at radius 2 is 1.89 bits per heavy atom. The van der Waals surface area contributed by atoms with E-state index in [2.05, 4.69) is 17.9 Å². The summed E-state index contributed by atoms with van der Waals surface area (Å²) in [4.78, 5) is 22.3. The molecule has 140 valence electrons. The van der Waals surface area contributed by atoms with Gasteiger partial charge >= 0.3 is 0 Å². The number of benzene rings is 1. The van der Waals surface area contributed by atoms with E-state index in [-0.39, 0.29) is 5.91 Å². The number of hydrogen-bond donors (Lipinski definition) is 0. The third-order valence-corrected chi connectivity index (χ3v) is 5.89. The van der Waals surface area contributed by atoms with E-state index in [0.717, 1.165) is 60.2 Å². The molecule has 1 aliphatic rings. The van der Waals surface area contributed by atoms with Crippen LogP contribution in [0.4, 0.5) is 0 Å². The Bertz CT molecular complexity index is 925. The number of carbonyl (C=O) groups excluding carboxylic acids is 1. The number of thiophene rings is 1. The average Bonchev–Trinajstić information content (AvgIpc) is 3.33. The Hall–Kier alpha value is -2.44. The molecule has 4 rings (SSSR count). The highest BCUT2D eigenvalue weighted by atomic mass is 32.1. The molecule has 27 heavy (non-hydrogen) atoms. The summed E-state index contributed by atoms with van der Waals surface area (Å²) in [7, 11) is 0. The van der Waals surface area contributed by atoms with Crippen molar-refractivity contribution in [3.63, 3.8) is 0 Å². The molecular weight excluding hydrogens is 358 g/mol. The van der Waals surface area contributed by atoms with E-state index < -0.39 is 0 Å². The third-order valence-electron chi connectivity index (χ3n) is 5.03. The van der Waals surface area contributed by atoms with Crippen LogP contribution in [0.1, 0.15) is 26.7 Å². The predicted octanol–water partition coefficient (Wildman–Crippen LogP) is 3.98. The van der Waals surface area contributed by atoms with Crippen molar-refractivity contribution in [3.8, 4) is 11.5 Å². The number of oxazole rings is 1. The zero-order chi connectivity index (χ0) is 18.8. The van der Waals surface area contributed by atoms with Crippen molar-refractivity contribution in [2.75, 3.05) is 26.2 Å². The van der Waals surface area contributed by atoms with Crippen LogP contribution >= 0.6 is 11.3 Å². The maximum Gasteiger partial charge on any atom is 0.264 e. The monoisotopic (exact) mass is 381 g/mol. The Balaban J connectivity index is 1.40. The molecule has 0 saturated carbocycles. The Morgan fingerprint density at radius 1 is 1.11 bits per heavy atom. The molecule has 3 aromatic rings. The second kappa shape index (κ2) is 7.66. The molecule has 0 aliphatic carbocycles. The molecule has 1 aromatic carbocycles. The van der Waals surface area contributed by atoms with Crippen molar-refractivity contribution >= 4 is 17.2 Å². The minimum Gasteiger partial charge on any atom is -0.441 e. The normalized spacial score (nSPS) is 15.3. The number of aryl methyl sites for hydroxylation is 2. The topological polar surface area (TPSA) is 49.6 Å². The van der Waals surface area contributed by atoms with Crippen LogP contribution in [-0.2, 0) is 6.54 Å². The first-order valence-corrected chi connectivity index (χ1v) is 10.1. The summed E-state index contributed by atoms with van der Waals surface area (Å²) in [6.45, 7) is 7.99. The second-order valence-electron chi connectivity index (χ2n) is 6.88. The number of rotatable bonds is 4. The molecule has 1 fully saturated rings. The highest BCUT2D eigenvalue weighted by Crippen LogP contribution is 2.25. The quantitative estimate of drug-likeness (QED) is 0.686. The van der Waals surface area contributed by atoms with Gasteiger partial charge in [0.05, 0.1) is 10.6 Å². The fourth-order valence-corrected chi connectivity index (χ4v) is 4.07. The SMILES string of the molecule is Cc1ccccc1-c1nc(CN2CCN(C(=O)c3cccs3)CC2)c(C)o1. The van der Waals surface area contributed by atoms with Crippen molar-refractivity contribution in [2.24, 2.45) is 0 Å². The predicted molar refractivity (Wildman–Crippen MR) is 107 cm³/mol. The van der Waals surface area contributed by atoms with E-state index in [1.807, 2.05) is 47.5 Å². The van der Waals surface area contributed by atoms with Gasteiger partial charge in [0, 0.05) is 38.3 Å². The minimum absolute atomic E-state index is 0.143. The molecule has 6 heteroatoms. The van der Waals surface area contributed by atoms with Crippen LogP contribution in [0.5, 0.6) is 0 Å². The molecule has 0 N–H and O–H groups in total. The van der Waals surface area contributed by atoms with Gasteiger partial charge in [0.1, 0.15) is 5.76 Å². The molecule has 5 nitrogen and oxygen atoms in total. The maximum absolute atomic E-state index is 12.5. The van der Waals surface area contributed by atoms with E-state index in [0.29, 0.717) is 5.89 Å². The molecule has 1 saturated heterocycles. The zero-order valence-corrected chi connectivity index (χ0v) is 16.5. The van der Waals surface area contributed by atoms with Crippen LogP contribution in [0.25, 0.3) is 11.5 Å². The number of aromatic nitrogens is 1. The lowest BCUT2D eigenvalue weighted by atomic mass is 10.1. The van der Waals surface area contributed by atoms with Gasteiger partial charge in [0.2, 0.25) is 5.89 Å². The standard InChI is InChI=1S/C21H23N3O2S/c1-15-6-3-4-7-17(15)20-22-18(16(2)26-20)14-23-9-11-24(12-10-23)21(25)19-8-5-13-27-19/h3-8,13H,9-12,14H2,1-2H3. The lowest BCUT2D eigenvalue weighted by Gasteiger charge is -2.34. The van der Waals surface area contributed by atoms with Crippen molar-refractivity contribution in [3.05, 3.63) is 63.7 Å². The number of nitrogens with zero attached hydrogens (tertiary/aromatic N) is 3. The fourth-order valence-electron chi connectivity index (χ4n) is 3.38. The van der Waals surface area contributed by atoms with Gasteiger partial charge in [0.25, 0.3) is 5.91 Å². The summed E-state index contributed by atoms with van der Waals surface area (Å²) in [6, 6.07) is 12.0. The average molecular weight is 382 g/mol. The van der Waals surface area contributed by atoms with Gasteiger partial charge in [-0.25, -0.2) is 4.98 Å². The molecular formula is C21H23N3O2S. The van der Waals surface area contributed by atoms with Crippen LogP contribution in [0, 0.1) is 13.8 Å². The van der Waals surface area contributed by atoms with E-state index >= 15 is 0 Å². The summed E-state index contributed by atoms with van der Waals surface area (Å²) in [5.41, 5.74) is 3.18. The first kappa shape index (κ1) is 17.9. The number of amides is 1. The fraction of sp³-hybridized carbons (Fsp3) is 0.333. The molecule has 0 radical (unpaired) electrons. The van der Waals surface area contributed by atoms with Crippen LogP contribution in [0.15, 0.2) is 46.2 Å². The summed E-state index contributed by atoms with van der Waals surface area (Å²) >= 11 is 1.50. The van der Waals surface area contributed by atoms with E-state index in [4.69, 9.17) is 9.40 Å². The van der Waals surface area contributed by atoms with Crippen LogP contribution in [0.3, 0.4) is 0 Å². The lowest BCUT2D eigenvalue weighted by Crippen LogP contribution is -2.48. The van der Waals surface area contributed by atoms with Crippen LogP contribution in [0.2, 0.25) is 0 Å². The molecule has 3 heterocycles. The first-order chi connectivity index (χ1) is 13.1. The largest absolute Gasteiger partial charge is 0.441 e. The lowest BCUT2D eigenvalue weighted by molar-refractivity contribution is 0.0631. The van der Waals surface area contributed by atoms with E-state index in [9.17, 15) is 4.79 Å². The maximum atomic E-state index is 12.5. The molecule has 2 aromatic heterocycles. The zero-order valence-electron chi connectivity index (χ0n) is 15.6. The summed E-state index contributed by atoms with van der Waals surface area (Å²) in [5, 5.41) is 1.95. The number of piperazine rings is 1.